The molecule has 0 saturated carbocycles. The van der Waals surface area contributed by atoms with Crippen LogP contribution in [0.2, 0.25) is 0 Å². The number of hydrogen-bond donors (Lipinski definition) is 3. The van der Waals surface area contributed by atoms with Gasteiger partial charge in [0.25, 0.3) is 0 Å². The summed E-state index contributed by atoms with van der Waals surface area (Å²) in [5.41, 5.74) is 3.65. The fourth-order valence-electron chi connectivity index (χ4n) is 1.30. The van der Waals surface area contributed by atoms with Crippen LogP contribution in [0.4, 0.5) is 19.0 Å². The first-order valence-electron chi connectivity index (χ1n) is 4.95. The largest absolute Gasteiger partial charge is 0.467 e. The first-order valence-corrected chi connectivity index (χ1v) is 4.95. The van der Waals surface area contributed by atoms with Gasteiger partial charge in [-0.1, -0.05) is 0 Å². The molecule has 1 aromatic rings. The lowest BCUT2D eigenvalue weighted by Gasteiger charge is -2.18. The van der Waals surface area contributed by atoms with E-state index in [1.165, 1.54) is 0 Å². The van der Waals surface area contributed by atoms with Gasteiger partial charge in [0.05, 0.1) is 12.7 Å². The lowest BCUT2D eigenvalue weighted by atomic mass is 10.0. The van der Waals surface area contributed by atoms with E-state index in [4.69, 9.17) is 5.73 Å². The number of pyridine rings is 1. The van der Waals surface area contributed by atoms with E-state index in [0.717, 1.165) is 7.11 Å². The summed E-state index contributed by atoms with van der Waals surface area (Å²) in [6.45, 7) is 0. The molecule has 0 amide bonds. The maximum atomic E-state index is 12.5. The van der Waals surface area contributed by atoms with Gasteiger partial charge in [-0.3, -0.25) is 0 Å². The van der Waals surface area contributed by atoms with Crippen LogP contribution in [-0.2, 0) is 15.7 Å². The van der Waals surface area contributed by atoms with Crippen LogP contribution in [0.25, 0.3) is 0 Å². The number of halogens is 3. The zero-order chi connectivity index (χ0) is 14.8. The Bertz CT molecular complexity index is 478. The Morgan fingerprint density at radius 2 is 2.05 bits per heavy atom. The normalized spacial score (nSPS) is 14.8. The van der Waals surface area contributed by atoms with Crippen molar-refractivity contribution in [3.05, 3.63) is 23.4 Å². The molecule has 2 unspecified atom stereocenters. The van der Waals surface area contributed by atoms with E-state index < -0.39 is 41.3 Å². The highest BCUT2D eigenvalue weighted by Crippen LogP contribution is 2.32. The average molecular weight is 280 g/mol. The molecule has 0 fully saturated rings. The van der Waals surface area contributed by atoms with Crippen LogP contribution in [-0.4, -0.2) is 34.4 Å². The number of nitrogens with two attached hydrogens (primary N) is 1. The number of nitrogen functional groups attached to an aromatic ring is 1. The number of ether oxygens (including phenoxy) is 1. The molecule has 6 nitrogen and oxygen atoms in total. The fourth-order valence-corrected chi connectivity index (χ4v) is 1.30. The smallest absolute Gasteiger partial charge is 0.417 e. The Kier molecular flexibility index (Phi) is 4.32. The van der Waals surface area contributed by atoms with Gasteiger partial charge in [-0.15, -0.1) is 0 Å². The third-order valence-corrected chi connectivity index (χ3v) is 2.34. The van der Waals surface area contributed by atoms with Crippen LogP contribution < -0.4 is 5.73 Å². The number of alkyl halides is 3. The van der Waals surface area contributed by atoms with E-state index in [9.17, 15) is 28.2 Å². The molecule has 19 heavy (non-hydrogen) atoms. The minimum Gasteiger partial charge on any atom is -0.467 e. The SMILES string of the molecule is COC(=O)C(O)C(O)c1cc(C(F)(F)F)cnc1N. The third kappa shape index (κ3) is 3.32. The van der Waals surface area contributed by atoms with Gasteiger partial charge in [0.15, 0.2) is 6.10 Å². The highest BCUT2D eigenvalue weighted by atomic mass is 19.4. The average Bonchev–Trinajstić information content (AvgIpc) is 2.35. The summed E-state index contributed by atoms with van der Waals surface area (Å²) in [7, 11) is 0.950. The number of aromatic nitrogens is 1. The molecular weight excluding hydrogens is 269 g/mol. The van der Waals surface area contributed by atoms with Crippen molar-refractivity contribution >= 4 is 11.8 Å². The summed E-state index contributed by atoms with van der Waals surface area (Å²) >= 11 is 0. The third-order valence-electron chi connectivity index (χ3n) is 2.34. The van der Waals surface area contributed by atoms with Gasteiger partial charge in [-0.25, -0.2) is 9.78 Å². The molecule has 0 aliphatic heterocycles. The van der Waals surface area contributed by atoms with Crippen LogP contribution in [0, 0.1) is 0 Å². The number of aliphatic hydroxyl groups excluding tert-OH is 2. The molecule has 1 rings (SSSR count). The van der Waals surface area contributed by atoms with Gasteiger partial charge in [0.2, 0.25) is 0 Å². The Morgan fingerprint density at radius 1 is 1.47 bits per heavy atom. The first-order chi connectivity index (χ1) is 8.68. The van der Waals surface area contributed by atoms with Crippen molar-refractivity contribution in [2.45, 2.75) is 18.4 Å². The zero-order valence-electron chi connectivity index (χ0n) is 9.68. The molecule has 0 aromatic carbocycles. The van der Waals surface area contributed by atoms with Crippen molar-refractivity contribution < 1.29 is 32.9 Å². The molecular formula is C10H11F3N2O4. The minimum atomic E-state index is -4.69. The second kappa shape index (κ2) is 5.41. The van der Waals surface area contributed by atoms with E-state index in [1.807, 2.05) is 0 Å². The van der Waals surface area contributed by atoms with Crippen LogP contribution in [0.15, 0.2) is 12.3 Å². The summed E-state index contributed by atoms with van der Waals surface area (Å²) in [6, 6.07) is 0.513. The van der Waals surface area contributed by atoms with E-state index >= 15 is 0 Å². The topological polar surface area (TPSA) is 106 Å². The predicted octanol–water partition coefficient (Wildman–Crippen LogP) is 0.250. The number of nitrogens with zero attached hydrogens (tertiary/aromatic N) is 1. The number of carbonyl (C=O) groups is 1. The molecule has 106 valence electrons. The molecule has 9 heteroatoms. The van der Waals surface area contributed by atoms with E-state index in [1.54, 1.807) is 0 Å². The summed E-state index contributed by atoms with van der Waals surface area (Å²) in [5.74, 6) is -1.63. The molecule has 0 radical (unpaired) electrons. The Balaban J connectivity index is 3.15. The Morgan fingerprint density at radius 3 is 2.53 bits per heavy atom. The maximum absolute atomic E-state index is 12.5. The van der Waals surface area contributed by atoms with Crippen molar-refractivity contribution in [2.24, 2.45) is 0 Å². The Labute approximate surface area is 105 Å². The Hall–Kier alpha value is -1.87. The van der Waals surface area contributed by atoms with E-state index in [0.29, 0.717) is 12.3 Å². The number of carbonyl (C=O) groups excluding carboxylic acids is 1. The molecule has 1 heterocycles. The number of anilines is 1. The molecule has 0 aliphatic carbocycles. The van der Waals surface area contributed by atoms with E-state index in [2.05, 4.69) is 9.72 Å². The van der Waals surface area contributed by atoms with Crippen molar-refractivity contribution in [3.63, 3.8) is 0 Å². The molecule has 1 aromatic heterocycles. The highest BCUT2D eigenvalue weighted by molar-refractivity contribution is 5.75. The summed E-state index contributed by atoms with van der Waals surface area (Å²) < 4.78 is 41.6. The number of aliphatic hydroxyl groups is 2. The van der Waals surface area contributed by atoms with Gasteiger partial charge in [0, 0.05) is 11.8 Å². The fraction of sp³-hybridized carbons (Fsp3) is 0.400. The van der Waals surface area contributed by atoms with E-state index in [-0.39, 0.29) is 0 Å². The number of methoxy groups -OCH3 is 1. The molecule has 0 bridgehead atoms. The van der Waals surface area contributed by atoms with Crippen molar-refractivity contribution in [1.82, 2.24) is 4.98 Å². The van der Waals surface area contributed by atoms with Crippen molar-refractivity contribution in [1.29, 1.82) is 0 Å². The molecule has 0 saturated heterocycles. The summed E-state index contributed by atoms with van der Waals surface area (Å²) in [6.07, 6.45) is -8.23. The number of rotatable bonds is 3. The molecule has 4 N–H and O–H groups in total. The number of hydrogen-bond acceptors (Lipinski definition) is 6. The highest BCUT2D eigenvalue weighted by Gasteiger charge is 2.34. The van der Waals surface area contributed by atoms with Gasteiger partial charge < -0.3 is 20.7 Å². The van der Waals surface area contributed by atoms with Crippen molar-refractivity contribution in [3.8, 4) is 0 Å². The standard InChI is InChI=1S/C10H11F3N2O4/c1-19-9(18)7(17)6(16)5-2-4(10(11,12)13)3-15-8(5)14/h2-3,6-7,16-17H,1H3,(H2,14,15). The van der Waals surface area contributed by atoms with Crippen LogP contribution in [0.1, 0.15) is 17.2 Å². The predicted molar refractivity (Wildman–Crippen MR) is 56.6 cm³/mol. The second-order valence-corrected chi connectivity index (χ2v) is 3.61. The van der Waals surface area contributed by atoms with Crippen LogP contribution in [0.5, 0.6) is 0 Å². The van der Waals surface area contributed by atoms with Gasteiger partial charge in [0.1, 0.15) is 11.9 Å². The van der Waals surface area contributed by atoms with Gasteiger partial charge in [-0.05, 0) is 6.07 Å². The monoisotopic (exact) mass is 280 g/mol. The summed E-state index contributed by atoms with van der Waals surface area (Å²) in [4.78, 5) is 14.3. The molecule has 0 aliphatic rings. The maximum Gasteiger partial charge on any atom is 0.417 e. The van der Waals surface area contributed by atoms with Crippen LogP contribution >= 0.6 is 0 Å². The van der Waals surface area contributed by atoms with Gasteiger partial charge in [-0.2, -0.15) is 13.2 Å². The zero-order valence-corrected chi connectivity index (χ0v) is 9.68. The van der Waals surface area contributed by atoms with Crippen LogP contribution in [0.3, 0.4) is 0 Å². The minimum absolute atomic E-state index is 0.427. The quantitative estimate of drug-likeness (QED) is 0.685. The lowest BCUT2D eigenvalue weighted by molar-refractivity contribution is -0.156. The first kappa shape index (κ1) is 15.2. The second-order valence-electron chi connectivity index (χ2n) is 3.61. The molecule has 2 atom stereocenters. The number of esters is 1. The lowest BCUT2D eigenvalue weighted by Crippen LogP contribution is -2.30. The summed E-state index contributed by atoms with van der Waals surface area (Å²) in [5, 5.41) is 19.0. The van der Waals surface area contributed by atoms with Gasteiger partial charge >= 0.3 is 12.1 Å². The molecule has 0 spiro atoms. The van der Waals surface area contributed by atoms with Crippen molar-refractivity contribution in [2.75, 3.05) is 12.8 Å².